The van der Waals surface area contributed by atoms with Gasteiger partial charge in [-0.2, -0.15) is 0 Å². The van der Waals surface area contributed by atoms with Gasteiger partial charge in [0.2, 0.25) is 0 Å². The van der Waals surface area contributed by atoms with E-state index in [0.717, 1.165) is 41.5 Å². The Hall–Kier alpha value is -3.01. The van der Waals surface area contributed by atoms with Crippen molar-refractivity contribution in [2.75, 3.05) is 0 Å². The maximum absolute atomic E-state index is 13.8. The highest BCUT2D eigenvalue weighted by atomic mass is 16.3. The van der Waals surface area contributed by atoms with Crippen molar-refractivity contribution in [1.82, 2.24) is 0 Å². The fraction of sp³-hybridized carbons (Fsp3) is 0.500. The molecule has 0 heterocycles. The summed E-state index contributed by atoms with van der Waals surface area (Å²) in [6.07, 6.45) is 12.5. The fourth-order valence-electron chi connectivity index (χ4n) is 7.12. The first kappa shape index (κ1) is 28.0. The molecule has 4 aliphatic rings. The van der Waals surface area contributed by atoms with E-state index in [1.54, 1.807) is 6.07 Å². The van der Waals surface area contributed by atoms with Crippen LogP contribution < -0.4 is 0 Å². The number of hydrogen-bond acceptors (Lipinski definition) is 4. The Kier molecular flexibility index (Phi) is 8.40. The Balaban J connectivity index is 0.00000107. The predicted molar refractivity (Wildman–Crippen MR) is 153 cm³/mol. The molecule has 0 saturated carbocycles. The van der Waals surface area contributed by atoms with Crippen LogP contribution in [0.5, 0.6) is 5.75 Å². The molecular formula is C34H42O4. The summed E-state index contributed by atoms with van der Waals surface area (Å²) in [6.45, 7) is 11.6. The van der Waals surface area contributed by atoms with E-state index in [0.29, 0.717) is 29.6 Å². The van der Waals surface area contributed by atoms with E-state index in [-0.39, 0.29) is 34.9 Å². The summed E-state index contributed by atoms with van der Waals surface area (Å²) in [5.74, 6) is -0.752. The van der Waals surface area contributed by atoms with Gasteiger partial charge < -0.3 is 5.11 Å². The highest BCUT2D eigenvalue weighted by Gasteiger charge is 2.47. The number of aromatic hydroxyl groups is 1. The van der Waals surface area contributed by atoms with Gasteiger partial charge in [-0.05, 0) is 113 Å². The van der Waals surface area contributed by atoms with E-state index in [2.05, 4.69) is 32.9 Å². The molecule has 0 spiro atoms. The molecule has 3 atom stereocenters. The van der Waals surface area contributed by atoms with Gasteiger partial charge in [0.25, 0.3) is 0 Å². The molecule has 0 amide bonds. The van der Waals surface area contributed by atoms with Crippen molar-refractivity contribution >= 4 is 23.4 Å². The highest BCUT2D eigenvalue weighted by Crippen LogP contribution is 2.50. The lowest BCUT2D eigenvalue weighted by molar-refractivity contribution is -0.124. The van der Waals surface area contributed by atoms with Crippen LogP contribution in [0.4, 0.5) is 0 Å². The number of carbonyl (C=O) groups excluding carboxylic acids is 3. The summed E-state index contributed by atoms with van der Waals surface area (Å²) in [6, 6.07) is 3.55. The Morgan fingerprint density at radius 3 is 2.42 bits per heavy atom. The van der Waals surface area contributed by atoms with Gasteiger partial charge in [-0.15, -0.1) is 0 Å². The van der Waals surface area contributed by atoms with Gasteiger partial charge in [-0.25, -0.2) is 0 Å². The monoisotopic (exact) mass is 514 g/mol. The number of rotatable bonds is 3. The first-order chi connectivity index (χ1) is 18.1. The van der Waals surface area contributed by atoms with Crippen LogP contribution in [0.25, 0.3) is 6.08 Å². The molecule has 38 heavy (non-hydrogen) atoms. The van der Waals surface area contributed by atoms with Gasteiger partial charge in [0.15, 0.2) is 17.3 Å². The second-order valence-electron chi connectivity index (χ2n) is 11.6. The molecule has 1 aromatic carbocycles. The number of hydrogen-bond donors (Lipinski definition) is 1. The lowest BCUT2D eigenvalue weighted by Gasteiger charge is -2.43. The van der Waals surface area contributed by atoms with Crippen molar-refractivity contribution in [2.45, 2.75) is 92.9 Å². The molecule has 1 N–H and O–H groups in total. The maximum atomic E-state index is 13.8. The van der Waals surface area contributed by atoms with E-state index in [9.17, 15) is 19.5 Å². The predicted octanol–water partition coefficient (Wildman–Crippen LogP) is 7.90. The van der Waals surface area contributed by atoms with E-state index in [1.165, 1.54) is 37.3 Å². The third-order valence-corrected chi connectivity index (χ3v) is 8.65. The standard InChI is InChI=1S/C31H34O4.C3H8/c1-16(20-8-6-5-7-9-20)12-21-10-11-25(33)29-24(21)15-23-14-22-13-17(2)26(19(4)32)30(34)27(22)18(3)28(23)31(29)35;1-3-2/h8,10-12,22-23,27,33H,5-7,9,13-15H2,1-4H3;3H2,1-2H3/b16-12+;. The SMILES string of the molecule is CC(=O)C1=C(C)CC2CC3Cc4c(/C=C(\C)C5=CCCCC5)ccc(O)c4C(=O)C3=C(C)C2C1=O.CCC. The second kappa shape index (κ2) is 11.4. The summed E-state index contributed by atoms with van der Waals surface area (Å²) in [5.41, 5.74) is 7.57. The number of phenols is 1. The van der Waals surface area contributed by atoms with Crippen molar-refractivity contribution in [3.63, 3.8) is 0 Å². The van der Waals surface area contributed by atoms with Crippen LogP contribution in [0.2, 0.25) is 0 Å². The molecule has 0 saturated heterocycles. The van der Waals surface area contributed by atoms with Crippen molar-refractivity contribution in [2.24, 2.45) is 17.8 Å². The van der Waals surface area contributed by atoms with E-state index in [4.69, 9.17) is 0 Å². The number of fused-ring (bicyclic) bond motifs is 3. The molecule has 4 heteroatoms. The van der Waals surface area contributed by atoms with Crippen LogP contribution in [-0.4, -0.2) is 22.5 Å². The molecule has 3 unspecified atom stereocenters. The molecule has 4 nitrogen and oxygen atoms in total. The molecular weight excluding hydrogens is 472 g/mol. The zero-order chi connectivity index (χ0) is 27.7. The summed E-state index contributed by atoms with van der Waals surface area (Å²) in [4.78, 5) is 39.4. The normalized spacial score (nSPS) is 25.2. The summed E-state index contributed by atoms with van der Waals surface area (Å²) < 4.78 is 0. The number of phenolic OH excluding ortho intramolecular Hbond substituents is 1. The van der Waals surface area contributed by atoms with Crippen molar-refractivity contribution in [3.05, 3.63) is 68.3 Å². The van der Waals surface area contributed by atoms with Crippen LogP contribution in [0.3, 0.4) is 0 Å². The van der Waals surface area contributed by atoms with Crippen LogP contribution in [-0.2, 0) is 16.0 Å². The Labute approximate surface area is 227 Å². The van der Waals surface area contributed by atoms with Gasteiger partial charge in [-0.3, -0.25) is 14.4 Å². The van der Waals surface area contributed by atoms with Gasteiger partial charge in [-0.1, -0.05) is 49.6 Å². The Morgan fingerprint density at radius 2 is 1.79 bits per heavy atom. The largest absolute Gasteiger partial charge is 0.507 e. The first-order valence-corrected chi connectivity index (χ1v) is 14.3. The maximum Gasteiger partial charge on any atom is 0.193 e. The molecule has 0 aromatic heterocycles. The fourth-order valence-corrected chi connectivity index (χ4v) is 7.12. The van der Waals surface area contributed by atoms with Crippen molar-refractivity contribution in [3.8, 4) is 5.75 Å². The minimum atomic E-state index is -0.417. The quantitative estimate of drug-likeness (QED) is 0.416. The summed E-state index contributed by atoms with van der Waals surface area (Å²) >= 11 is 0. The number of ketones is 3. The first-order valence-electron chi connectivity index (χ1n) is 14.3. The zero-order valence-electron chi connectivity index (χ0n) is 23.9. The van der Waals surface area contributed by atoms with Crippen molar-refractivity contribution < 1.29 is 19.5 Å². The number of benzene rings is 1. The zero-order valence-corrected chi connectivity index (χ0v) is 23.9. The van der Waals surface area contributed by atoms with E-state index < -0.39 is 5.92 Å². The van der Waals surface area contributed by atoms with Crippen LogP contribution in [0.1, 0.15) is 108 Å². The number of Topliss-reactive ketones (excluding diaryl/α,β-unsaturated/α-hetero) is 3. The molecule has 1 aromatic rings. The lowest BCUT2D eigenvalue weighted by Crippen LogP contribution is -2.41. The smallest absolute Gasteiger partial charge is 0.193 e. The molecule has 202 valence electrons. The van der Waals surface area contributed by atoms with Gasteiger partial charge in [0.1, 0.15) is 5.75 Å². The molecule has 0 bridgehead atoms. The molecule has 4 aliphatic carbocycles. The molecule has 0 radical (unpaired) electrons. The van der Waals surface area contributed by atoms with Gasteiger partial charge >= 0.3 is 0 Å². The summed E-state index contributed by atoms with van der Waals surface area (Å²) in [5, 5.41) is 10.8. The van der Waals surface area contributed by atoms with E-state index >= 15 is 0 Å². The average Bonchev–Trinajstić information content (AvgIpc) is 2.86. The van der Waals surface area contributed by atoms with Crippen LogP contribution in [0.15, 0.2) is 51.6 Å². The molecule has 5 rings (SSSR count). The number of allylic oxidation sites excluding steroid dienone is 7. The Bertz CT molecular complexity index is 1300. The second-order valence-corrected chi connectivity index (χ2v) is 11.6. The lowest BCUT2D eigenvalue weighted by atomic mass is 9.59. The number of carbonyl (C=O) groups is 3. The van der Waals surface area contributed by atoms with Crippen molar-refractivity contribution in [1.29, 1.82) is 0 Å². The van der Waals surface area contributed by atoms with Crippen LogP contribution in [0, 0.1) is 17.8 Å². The molecule has 0 aliphatic heterocycles. The topological polar surface area (TPSA) is 71.4 Å². The third kappa shape index (κ3) is 5.02. The summed E-state index contributed by atoms with van der Waals surface area (Å²) in [7, 11) is 0. The van der Waals surface area contributed by atoms with E-state index in [1.807, 2.05) is 19.9 Å². The van der Waals surface area contributed by atoms with Gasteiger partial charge in [0.05, 0.1) is 11.1 Å². The third-order valence-electron chi connectivity index (χ3n) is 8.65. The minimum Gasteiger partial charge on any atom is -0.507 e. The van der Waals surface area contributed by atoms with Crippen LogP contribution >= 0.6 is 0 Å². The average molecular weight is 515 g/mol. The minimum absolute atomic E-state index is 0.00712. The molecule has 0 fully saturated rings. The highest BCUT2D eigenvalue weighted by molar-refractivity contribution is 6.22. The Morgan fingerprint density at radius 1 is 1.08 bits per heavy atom. The van der Waals surface area contributed by atoms with Gasteiger partial charge in [0, 0.05) is 11.5 Å².